The normalized spacial score (nSPS) is 12.8. The van der Waals surface area contributed by atoms with Gasteiger partial charge in [0.05, 0.1) is 6.42 Å². The number of aryl methyl sites for hydroxylation is 2. The van der Waals surface area contributed by atoms with Gasteiger partial charge in [0, 0.05) is 0 Å². The molecule has 0 heterocycles. The number of carboxylic acids is 1. The van der Waals surface area contributed by atoms with Crippen molar-refractivity contribution in [3.63, 3.8) is 0 Å². The first kappa shape index (κ1) is 14.7. The van der Waals surface area contributed by atoms with E-state index in [1.54, 1.807) is 0 Å². The summed E-state index contributed by atoms with van der Waals surface area (Å²) in [7, 11) is 0. The van der Waals surface area contributed by atoms with Crippen LogP contribution in [0.25, 0.3) is 0 Å². The van der Waals surface area contributed by atoms with E-state index in [1.807, 2.05) is 0 Å². The van der Waals surface area contributed by atoms with Crippen LogP contribution in [0.4, 0.5) is 0 Å². The fourth-order valence-corrected chi connectivity index (χ4v) is 2.66. The van der Waals surface area contributed by atoms with Gasteiger partial charge in [0.25, 0.3) is 0 Å². The predicted octanol–water partition coefficient (Wildman–Crippen LogP) is 4.13. The molecule has 0 fully saturated rings. The van der Waals surface area contributed by atoms with Gasteiger partial charge >= 0.3 is 5.97 Å². The molecule has 1 aromatic rings. The molecule has 0 bridgehead atoms. The van der Waals surface area contributed by atoms with Crippen molar-refractivity contribution < 1.29 is 9.90 Å². The Morgan fingerprint density at radius 3 is 1.89 bits per heavy atom. The number of carboxylic acid groups (broad SMARTS) is 1. The quantitative estimate of drug-likeness (QED) is 0.869. The van der Waals surface area contributed by atoms with Crippen molar-refractivity contribution in [2.75, 3.05) is 0 Å². The summed E-state index contributed by atoms with van der Waals surface area (Å²) < 4.78 is 0. The molecule has 0 amide bonds. The molecule has 2 nitrogen and oxygen atoms in total. The molecule has 0 aliphatic carbocycles. The average Bonchev–Trinajstić information content (AvgIpc) is 2.24. The van der Waals surface area contributed by atoms with Gasteiger partial charge in [-0.15, -0.1) is 0 Å². The number of hydrogen-bond acceptors (Lipinski definition) is 1. The van der Waals surface area contributed by atoms with Gasteiger partial charge in [-0.05, 0) is 67.3 Å². The zero-order valence-electron chi connectivity index (χ0n) is 12.3. The smallest absolute Gasteiger partial charge is 0.303 e. The molecule has 0 saturated carbocycles. The topological polar surface area (TPSA) is 37.3 Å². The Balaban J connectivity index is 3.40. The standard InChI is InChI=1S/C16H24O2/c1-9(2)14(8-15(17)18)16-12(5)10(3)7-11(4)13(16)6/h7,9,14H,8H2,1-6H3,(H,17,18). The second-order valence-corrected chi connectivity index (χ2v) is 5.62. The summed E-state index contributed by atoms with van der Waals surface area (Å²) in [4.78, 5) is 11.1. The maximum absolute atomic E-state index is 11.1. The summed E-state index contributed by atoms with van der Waals surface area (Å²) in [5.41, 5.74) is 6.24. The molecule has 18 heavy (non-hydrogen) atoms. The van der Waals surface area contributed by atoms with E-state index in [2.05, 4.69) is 47.6 Å². The Bertz CT molecular complexity index is 432. The minimum absolute atomic E-state index is 0.0982. The first-order valence-electron chi connectivity index (χ1n) is 6.54. The maximum Gasteiger partial charge on any atom is 0.303 e. The lowest BCUT2D eigenvalue weighted by molar-refractivity contribution is -0.137. The monoisotopic (exact) mass is 248 g/mol. The maximum atomic E-state index is 11.1. The lowest BCUT2D eigenvalue weighted by Gasteiger charge is -2.26. The number of carbonyl (C=O) groups is 1. The van der Waals surface area contributed by atoms with Crippen LogP contribution < -0.4 is 0 Å². The van der Waals surface area contributed by atoms with E-state index in [1.165, 1.54) is 27.8 Å². The molecular weight excluding hydrogens is 224 g/mol. The Morgan fingerprint density at radius 1 is 1.11 bits per heavy atom. The molecule has 1 aromatic carbocycles. The van der Waals surface area contributed by atoms with Gasteiger partial charge in [-0.2, -0.15) is 0 Å². The minimum atomic E-state index is -0.716. The van der Waals surface area contributed by atoms with Crippen molar-refractivity contribution in [2.45, 2.75) is 53.9 Å². The third-order valence-electron chi connectivity index (χ3n) is 3.99. The average molecular weight is 248 g/mol. The fraction of sp³-hybridized carbons (Fsp3) is 0.562. The van der Waals surface area contributed by atoms with Gasteiger partial charge in [0.1, 0.15) is 0 Å². The second-order valence-electron chi connectivity index (χ2n) is 5.62. The summed E-state index contributed by atoms with van der Waals surface area (Å²) in [6.07, 6.45) is 0.211. The van der Waals surface area contributed by atoms with Crippen LogP contribution in [-0.2, 0) is 4.79 Å². The molecule has 1 rings (SSSR count). The van der Waals surface area contributed by atoms with Crippen LogP contribution in [0.15, 0.2) is 6.07 Å². The summed E-state index contributed by atoms with van der Waals surface area (Å²) in [5, 5.41) is 9.11. The second kappa shape index (κ2) is 5.55. The third-order valence-corrected chi connectivity index (χ3v) is 3.99. The van der Waals surface area contributed by atoms with Crippen molar-refractivity contribution in [3.8, 4) is 0 Å². The summed E-state index contributed by atoms with van der Waals surface area (Å²) in [6.45, 7) is 12.6. The van der Waals surface area contributed by atoms with Crippen LogP contribution in [0.2, 0.25) is 0 Å². The van der Waals surface area contributed by atoms with E-state index in [9.17, 15) is 4.79 Å². The molecule has 1 N–H and O–H groups in total. The van der Waals surface area contributed by atoms with Gasteiger partial charge in [-0.3, -0.25) is 4.79 Å². The molecule has 0 aliphatic heterocycles. The number of rotatable bonds is 4. The van der Waals surface area contributed by atoms with E-state index < -0.39 is 5.97 Å². The number of aliphatic carboxylic acids is 1. The van der Waals surface area contributed by atoms with E-state index in [0.29, 0.717) is 5.92 Å². The largest absolute Gasteiger partial charge is 0.481 e. The molecule has 0 radical (unpaired) electrons. The Hall–Kier alpha value is -1.31. The molecule has 100 valence electrons. The highest BCUT2D eigenvalue weighted by Crippen LogP contribution is 2.35. The lowest BCUT2D eigenvalue weighted by Crippen LogP contribution is -2.16. The first-order valence-corrected chi connectivity index (χ1v) is 6.54. The molecule has 1 atom stereocenters. The molecular formula is C16H24O2. The molecule has 2 heteroatoms. The van der Waals surface area contributed by atoms with Crippen molar-refractivity contribution >= 4 is 5.97 Å². The lowest BCUT2D eigenvalue weighted by atomic mass is 9.79. The van der Waals surface area contributed by atoms with Crippen LogP contribution in [0.1, 0.15) is 54.0 Å². The van der Waals surface area contributed by atoms with Gasteiger partial charge in [0.2, 0.25) is 0 Å². The highest BCUT2D eigenvalue weighted by molar-refractivity contribution is 5.68. The van der Waals surface area contributed by atoms with Crippen molar-refractivity contribution in [1.29, 1.82) is 0 Å². The van der Waals surface area contributed by atoms with Crippen LogP contribution >= 0.6 is 0 Å². The molecule has 0 aliphatic rings. The van der Waals surface area contributed by atoms with E-state index in [4.69, 9.17) is 5.11 Å². The van der Waals surface area contributed by atoms with E-state index >= 15 is 0 Å². The van der Waals surface area contributed by atoms with E-state index in [-0.39, 0.29) is 12.3 Å². The van der Waals surface area contributed by atoms with Crippen LogP contribution in [0.5, 0.6) is 0 Å². The van der Waals surface area contributed by atoms with Crippen molar-refractivity contribution in [2.24, 2.45) is 5.92 Å². The zero-order chi connectivity index (χ0) is 14.0. The fourth-order valence-electron chi connectivity index (χ4n) is 2.66. The van der Waals surface area contributed by atoms with E-state index in [0.717, 1.165) is 0 Å². The Labute approximate surface area is 110 Å². The van der Waals surface area contributed by atoms with Gasteiger partial charge in [0.15, 0.2) is 0 Å². The van der Waals surface area contributed by atoms with Gasteiger partial charge in [-0.25, -0.2) is 0 Å². The predicted molar refractivity (Wildman–Crippen MR) is 75.2 cm³/mol. The first-order chi connectivity index (χ1) is 8.25. The molecule has 1 unspecified atom stereocenters. The third kappa shape index (κ3) is 2.92. The Morgan fingerprint density at radius 2 is 1.56 bits per heavy atom. The van der Waals surface area contributed by atoms with Crippen LogP contribution in [-0.4, -0.2) is 11.1 Å². The summed E-state index contributed by atoms with van der Waals surface area (Å²) in [5.74, 6) is -0.285. The summed E-state index contributed by atoms with van der Waals surface area (Å²) >= 11 is 0. The number of hydrogen-bond donors (Lipinski definition) is 1. The van der Waals surface area contributed by atoms with Crippen molar-refractivity contribution in [1.82, 2.24) is 0 Å². The molecule has 0 aromatic heterocycles. The van der Waals surface area contributed by atoms with Crippen LogP contribution in [0.3, 0.4) is 0 Å². The Kier molecular flexibility index (Phi) is 4.55. The molecule has 0 saturated heterocycles. The number of benzene rings is 1. The highest BCUT2D eigenvalue weighted by atomic mass is 16.4. The van der Waals surface area contributed by atoms with Crippen LogP contribution in [0, 0.1) is 33.6 Å². The van der Waals surface area contributed by atoms with Crippen molar-refractivity contribution in [3.05, 3.63) is 33.9 Å². The van der Waals surface area contributed by atoms with Gasteiger partial charge in [-0.1, -0.05) is 19.9 Å². The van der Waals surface area contributed by atoms with Gasteiger partial charge < -0.3 is 5.11 Å². The zero-order valence-corrected chi connectivity index (χ0v) is 12.3. The summed E-state index contributed by atoms with van der Waals surface area (Å²) in [6, 6.07) is 2.19. The molecule has 0 spiro atoms. The SMILES string of the molecule is Cc1cc(C)c(C)c(C(CC(=O)O)C(C)C)c1C. The minimum Gasteiger partial charge on any atom is -0.481 e. The highest BCUT2D eigenvalue weighted by Gasteiger charge is 2.24.